The highest BCUT2D eigenvalue weighted by atomic mass is 35.5. The number of piperidine rings is 1. The van der Waals surface area contributed by atoms with E-state index in [9.17, 15) is 9.59 Å². The molecule has 1 unspecified atom stereocenters. The molecule has 0 bridgehead atoms. The van der Waals surface area contributed by atoms with Crippen LogP contribution in [0.4, 0.5) is 11.5 Å². The fourth-order valence-corrected chi connectivity index (χ4v) is 3.65. The van der Waals surface area contributed by atoms with Crippen molar-refractivity contribution in [1.82, 2.24) is 15.1 Å². The Hall–Kier alpha value is -2.03. The molecule has 0 spiro atoms. The van der Waals surface area contributed by atoms with Crippen LogP contribution in [-0.4, -0.2) is 35.3 Å². The smallest absolute Gasteiger partial charge is 0.349 e. The molecule has 28 heavy (non-hydrogen) atoms. The second kappa shape index (κ2) is 9.45. The Balaban J connectivity index is 0.00000140. The van der Waals surface area contributed by atoms with Gasteiger partial charge in [-0.1, -0.05) is 0 Å². The summed E-state index contributed by atoms with van der Waals surface area (Å²) < 4.78 is 7.30. The Morgan fingerprint density at radius 2 is 2.14 bits per heavy atom. The number of nitrogens with zero attached hydrogens (tertiary/aromatic N) is 2. The van der Waals surface area contributed by atoms with Gasteiger partial charge in [0.2, 0.25) is 0 Å². The SMILES string of the molecule is Cc1cc(C2CCCNC2)oc(=O)c1C(=O)Nc1cnn2c1NCCC2.Cl.Cl. The van der Waals surface area contributed by atoms with Crippen LogP contribution in [0.3, 0.4) is 0 Å². The number of halogens is 2. The number of aromatic nitrogens is 2. The predicted molar refractivity (Wildman–Crippen MR) is 112 cm³/mol. The number of hydrogen-bond donors (Lipinski definition) is 3. The number of amides is 1. The van der Waals surface area contributed by atoms with Crippen LogP contribution in [0.25, 0.3) is 0 Å². The van der Waals surface area contributed by atoms with Crippen molar-refractivity contribution in [2.75, 3.05) is 30.3 Å². The van der Waals surface area contributed by atoms with Gasteiger partial charge in [0.1, 0.15) is 22.8 Å². The first-order chi connectivity index (χ1) is 12.6. The molecule has 8 nitrogen and oxygen atoms in total. The molecule has 2 aromatic heterocycles. The summed E-state index contributed by atoms with van der Waals surface area (Å²) in [6.07, 6.45) is 4.62. The minimum atomic E-state index is -0.586. The van der Waals surface area contributed by atoms with Crippen LogP contribution in [0.15, 0.2) is 21.5 Å². The van der Waals surface area contributed by atoms with Crippen molar-refractivity contribution in [3.05, 3.63) is 39.6 Å². The maximum Gasteiger partial charge on any atom is 0.349 e. The van der Waals surface area contributed by atoms with Crippen molar-refractivity contribution in [1.29, 1.82) is 0 Å². The van der Waals surface area contributed by atoms with Crippen molar-refractivity contribution in [2.45, 2.75) is 38.6 Å². The van der Waals surface area contributed by atoms with Crippen molar-refractivity contribution in [2.24, 2.45) is 0 Å². The summed E-state index contributed by atoms with van der Waals surface area (Å²) in [6, 6.07) is 1.82. The monoisotopic (exact) mass is 429 g/mol. The van der Waals surface area contributed by atoms with Crippen LogP contribution >= 0.6 is 24.8 Å². The number of hydrogen-bond acceptors (Lipinski definition) is 6. The molecule has 0 aliphatic carbocycles. The third-order valence-corrected chi connectivity index (χ3v) is 5.02. The molecular weight excluding hydrogens is 405 g/mol. The number of rotatable bonds is 3. The van der Waals surface area contributed by atoms with E-state index in [2.05, 4.69) is 21.0 Å². The van der Waals surface area contributed by atoms with Gasteiger partial charge in [0, 0.05) is 25.6 Å². The Morgan fingerprint density at radius 1 is 1.32 bits per heavy atom. The summed E-state index contributed by atoms with van der Waals surface area (Å²) in [5, 5.41) is 13.6. The summed E-state index contributed by atoms with van der Waals surface area (Å²) >= 11 is 0. The number of nitrogens with one attached hydrogen (secondary N) is 3. The zero-order valence-electron chi connectivity index (χ0n) is 15.6. The molecule has 4 rings (SSSR count). The lowest BCUT2D eigenvalue weighted by Gasteiger charge is -2.22. The number of aryl methyl sites for hydroxylation is 2. The van der Waals surface area contributed by atoms with E-state index in [0.29, 0.717) is 17.0 Å². The first kappa shape index (κ1) is 22.3. The van der Waals surface area contributed by atoms with Crippen LogP contribution in [0.1, 0.15) is 46.9 Å². The lowest BCUT2D eigenvalue weighted by molar-refractivity contribution is 0.102. The van der Waals surface area contributed by atoms with Gasteiger partial charge in [-0.25, -0.2) is 9.48 Å². The lowest BCUT2D eigenvalue weighted by atomic mass is 9.95. The van der Waals surface area contributed by atoms with E-state index in [1.165, 1.54) is 0 Å². The molecular formula is C18H25Cl2N5O3. The molecule has 4 heterocycles. The Morgan fingerprint density at radius 3 is 2.86 bits per heavy atom. The maximum absolute atomic E-state index is 12.7. The van der Waals surface area contributed by atoms with Gasteiger partial charge in [-0.15, -0.1) is 24.8 Å². The second-order valence-electron chi connectivity index (χ2n) is 6.90. The Bertz CT molecular complexity index is 890. The van der Waals surface area contributed by atoms with Crippen molar-refractivity contribution in [3.8, 4) is 0 Å². The van der Waals surface area contributed by atoms with Gasteiger partial charge in [-0.3, -0.25) is 4.79 Å². The molecule has 2 aliphatic rings. The summed E-state index contributed by atoms with van der Waals surface area (Å²) in [7, 11) is 0. The lowest BCUT2D eigenvalue weighted by Crippen LogP contribution is -2.30. The average molecular weight is 430 g/mol. The molecule has 0 aromatic carbocycles. The van der Waals surface area contributed by atoms with Crippen LogP contribution in [0.5, 0.6) is 0 Å². The van der Waals surface area contributed by atoms with E-state index < -0.39 is 11.5 Å². The van der Waals surface area contributed by atoms with E-state index in [1.807, 2.05) is 10.7 Å². The number of fused-ring (bicyclic) bond motifs is 1. The van der Waals surface area contributed by atoms with Crippen LogP contribution < -0.4 is 21.6 Å². The van der Waals surface area contributed by atoms with E-state index in [4.69, 9.17) is 4.42 Å². The van der Waals surface area contributed by atoms with Gasteiger partial charge in [-0.05, 0) is 44.4 Å². The number of anilines is 2. The third-order valence-electron chi connectivity index (χ3n) is 5.02. The van der Waals surface area contributed by atoms with Crippen molar-refractivity contribution < 1.29 is 9.21 Å². The van der Waals surface area contributed by atoms with Gasteiger partial charge in [-0.2, -0.15) is 5.10 Å². The molecule has 1 fully saturated rings. The minimum absolute atomic E-state index is 0. The molecule has 2 aromatic rings. The highest BCUT2D eigenvalue weighted by molar-refractivity contribution is 6.06. The zero-order valence-corrected chi connectivity index (χ0v) is 17.3. The topological polar surface area (TPSA) is 101 Å². The Kier molecular flexibility index (Phi) is 7.51. The van der Waals surface area contributed by atoms with Crippen LogP contribution in [0, 0.1) is 6.92 Å². The first-order valence-electron chi connectivity index (χ1n) is 9.10. The second-order valence-corrected chi connectivity index (χ2v) is 6.90. The average Bonchev–Trinajstić information content (AvgIpc) is 3.05. The van der Waals surface area contributed by atoms with Gasteiger partial charge in [0.25, 0.3) is 5.91 Å². The van der Waals surface area contributed by atoms with Gasteiger partial charge in [0.15, 0.2) is 0 Å². The fraction of sp³-hybridized carbons (Fsp3) is 0.500. The van der Waals surface area contributed by atoms with E-state index >= 15 is 0 Å². The molecule has 10 heteroatoms. The number of carbonyl (C=O) groups excluding carboxylic acids is 1. The molecule has 0 saturated carbocycles. The molecule has 1 amide bonds. The van der Waals surface area contributed by atoms with Crippen LogP contribution in [-0.2, 0) is 6.54 Å². The summed E-state index contributed by atoms with van der Waals surface area (Å²) in [4.78, 5) is 25.2. The van der Waals surface area contributed by atoms with Gasteiger partial charge < -0.3 is 20.4 Å². The quantitative estimate of drug-likeness (QED) is 0.692. The normalized spacial score (nSPS) is 18.1. The fourth-order valence-electron chi connectivity index (χ4n) is 3.65. The first-order valence-corrected chi connectivity index (χ1v) is 9.10. The van der Waals surface area contributed by atoms with Gasteiger partial charge in [0.05, 0.1) is 6.20 Å². The summed E-state index contributed by atoms with van der Waals surface area (Å²) in [5.74, 6) is 1.14. The van der Waals surface area contributed by atoms with Crippen LogP contribution in [0.2, 0.25) is 0 Å². The standard InChI is InChI=1S/C18H23N5O3.2ClH/c1-11-8-14(12-4-2-5-19-9-12)26-18(25)15(11)17(24)22-13-10-21-23-7-3-6-20-16(13)23;;/h8,10,12,19-20H,2-7,9H2,1H3,(H,22,24);2*1H. The number of carbonyl (C=O) groups is 1. The molecule has 1 atom stereocenters. The molecule has 154 valence electrons. The maximum atomic E-state index is 12.7. The highest BCUT2D eigenvalue weighted by Gasteiger charge is 2.24. The Labute approximate surface area is 175 Å². The molecule has 3 N–H and O–H groups in total. The minimum Gasteiger partial charge on any atom is -0.427 e. The summed E-state index contributed by atoms with van der Waals surface area (Å²) in [6.45, 7) is 5.20. The van der Waals surface area contributed by atoms with E-state index in [0.717, 1.165) is 51.3 Å². The van der Waals surface area contributed by atoms with Gasteiger partial charge >= 0.3 is 5.63 Å². The predicted octanol–water partition coefficient (Wildman–Crippen LogP) is 2.52. The molecule has 0 radical (unpaired) electrons. The summed E-state index contributed by atoms with van der Waals surface area (Å²) in [5.41, 5.74) is 0.674. The zero-order chi connectivity index (χ0) is 18.1. The van der Waals surface area contributed by atoms with E-state index in [1.54, 1.807) is 13.1 Å². The largest absolute Gasteiger partial charge is 0.427 e. The highest BCUT2D eigenvalue weighted by Crippen LogP contribution is 2.26. The molecule has 1 saturated heterocycles. The third kappa shape index (κ3) is 4.34. The van der Waals surface area contributed by atoms with E-state index in [-0.39, 0.29) is 36.3 Å². The molecule has 2 aliphatic heterocycles. The van der Waals surface area contributed by atoms with Crippen molar-refractivity contribution >= 4 is 42.2 Å². The van der Waals surface area contributed by atoms with Crippen molar-refractivity contribution in [3.63, 3.8) is 0 Å².